The van der Waals surface area contributed by atoms with E-state index in [2.05, 4.69) is 31.2 Å². The molecule has 21 heavy (non-hydrogen) atoms. The van der Waals surface area contributed by atoms with Gasteiger partial charge < -0.3 is 11.1 Å². The number of benzene rings is 1. The zero-order valence-corrected chi connectivity index (χ0v) is 13.0. The van der Waals surface area contributed by atoms with Gasteiger partial charge in [0.1, 0.15) is 0 Å². The summed E-state index contributed by atoms with van der Waals surface area (Å²) in [4.78, 5) is 11.1. The molecule has 3 N–H and O–H groups in total. The Hall–Kier alpha value is -2.30. The van der Waals surface area contributed by atoms with E-state index in [0.29, 0.717) is 12.1 Å². The molecule has 0 saturated heterocycles. The van der Waals surface area contributed by atoms with Gasteiger partial charge in [0.2, 0.25) is 5.91 Å². The average molecular weight is 286 g/mol. The van der Waals surface area contributed by atoms with E-state index in [0.717, 1.165) is 16.8 Å². The highest BCUT2D eigenvalue weighted by molar-refractivity contribution is 5.93. The standard InChI is InChI=1S/C16H22N4O/c1-11-7-13(15(17)21)5-6-14(11)18-8-12-9-19-20(10-12)16(2,3)4/h5-7,9-10,18H,8H2,1-4H3,(H2,17,21). The zero-order valence-electron chi connectivity index (χ0n) is 13.0. The van der Waals surface area contributed by atoms with Crippen molar-refractivity contribution in [2.45, 2.75) is 39.8 Å². The molecule has 0 aliphatic heterocycles. The number of hydrogen-bond acceptors (Lipinski definition) is 3. The number of nitrogens with zero attached hydrogens (tertiary/aromatic N) is 2. The maximum atomic E-state index is 11.1. The van der Waals surface area contributed by atoms with Crippen LogP contribution in [-0.2, 0) is 12.1 Å². The molecule has 1 amide bonds. The van der Waals surface area contributed by atoms with Crippen molar-refractivity contribution in [3.63, 3.8) is 0 Å². The van der Waals surface area contributed by atoms with Gasteiger partial charge in [0.25, 0.3) is 0 Å². The molecule has 0 radical (unpaired) electrons. The molecule has 1 aromatic carbocycles. The Morgan fingerprint density at radius 1 is 1.38 bits per heavy atom. The molecule has 0 aliphatic carbocycles. The second-order valence-electron chi connectivity index (χ2n) is 6.21. The van der Waals surface area contributed by atoms with Crippen molar-refractivity contribution in [3.05, 3.63) is 47.3 Å². The molecular formula is C16H22N4O. The fraction of sp³-hybridized carbons (Fsp3) is 0.375. The first kappa shape index (κ1) is 15.1. The van der Waals surface area contributed by atoms with E-state index in [1.165, 1.54) is 0 Å². The number of rotatable bonds is 4. The van der Waals surface area contributed by atoms with E-state index in [4.69, 9.17) is 5.73 Å². The van der Waals surface area contributed by atoms with E-state index in [-0.39, 0.29) is 5.54 Å². The van der Waals surface area contributed by atoms with Crippen LogP contribution in [0.3, 0.4) is 0 Å². The van der Waals surface area contributed by atoms with Crippen molar-refractivity contribution in [1.29, 1.82) is 0 Å². The van der Waals surface area contributed by atoms with E-state index < -0.39 is 5.91 Å². The summed E-state index contributed by atoms with van der Waals surface area (Å²) in [5.41, 5.74) is 8.88. The van der Waals surface area contributed by atoms with Gasteiger partial charge >= 0.3 is 0 Å². The lowest BCUT2D eigenvalue weighted by Crippen LogP contribution is -2.22. The summed E-state index contributed by atoms with van der Waals surface area (Å²) in [6, 6.07) is 5.41. The minimum absolute atomic E-state index is 0.0166. The molecule has 0 saturated carbocycles. The second kappa shape index (κ2) is 5.60. The van der Waals surface area contributed by atoms with Crippen LogP contribution in [0.2, 0.25) is 0 Å². The van der Waals surface area contributed by atoms with Crippen LogP contribution in [0.15, 0.2) is 30.6 Å². The third-order valence-electron chi connectivity index (χ3n) is 3.32. The van der Waals surface area contributed by atoms with Crippen molar-refractivity contribution in [2.24, 2.45) is 5.73 Å². The van der Waals surface area contributed by atoms with E-state index in [9.17, 15) is 4.79 Å². The van der Waals surface area contributed by atoms with Crippen LogP contribution in [0.1, 0.15) is 42.3 Å². The van der Waals surface area contributed by atoms with Crippen molar-refractivity contribution < 1.29 is 4.79 Å². The summed E-state index contributed by atoms with van der Waals surface area (Å²) in [6.45, 7) is 8.98. The van der Waals surface area contributed by atoms with Crippen LogP contribution in [0, 0.1) is 6.92 Å². The van der Waals surface area contributed by atoms with E-state index in [1.807, 2.05) is 30.1 Å². The Balaban J connectivity index is 2.06. The third kappa shape index (κ3) is 3.62. The monoisotopic (exact) mass is 286 g/mol. The molecule has 1 aromatic heterocycles. The van der Waals surface area contributed by atoms with Crippen molar-refractivity contribution in [3.8, 4) is 0 Å². The van der Waals surface area contributed by atoms with Crippen LogP contribution >= 0.6 is 0 Å². The Bertz CT molecular complexity index is 653. The number of anilines is 1. The largest absolute Gasteiger partial charge is 0.381 e. The first-order valence-corrected chi connectivity index (χ1v) is 6.96. The third-order valence-corrected chi connectivity index (χ3v) is 3.32. The van der Waals surface area contributed by atoms with Gasteiger partial charge in [-0.25, -0.2) is 0 Å². The number of aryl methyl sites for hydroxylation is 1. The van der Waals surface area contributed by atoms with Gasteiger partial charge in [-0.15, -0.1) is 0 Å². The minimum atomic E-state index is -0.406. The number of primary amides is 1. The molecule has 0 unspecified atom stereocenters. The molecular weight excluding hydrogens is 264 g/mol. The predicted octanol–water partition coefficient (Wildman–Crippen LogP) is 2.66. The second-order valence-corrected chi connectivity index (χ2v) is 6.21. The normalized spacial score (nSPS) is 11.4. The maximum Gasteiger partial charge on any atom is 0.248 e. The molecule has 0 fully saturated rings. The number of nitrogens with two attached hydrogens (primary N) is 1. The van der Waals surface area contributed by atoms with Gasteiger partial charge in [-0.05, 0) is 51.5 Å². The summed E-state index contributed by atoms with van der Waals surface area (Å²) in [6.07, 6.45) is 3.91. The molecule has 0 spiro atoms. The van der Waals surface area contributed by atoms with Crippen LogP contribution in [0.4, 0.5) is 5.69 Å². The van der Waals surface area contributed by atoms with Crippen LogP contribution in [0.5, 0.6) is 0 Å². The highest BCUT2D eigenvalue weighted by Gasteiger charge is 2.13. The zero-order chi connectivity index (χ0) is 15.6. The van der Waals surface area contributed by atoms with Crippen LogP contribution < -0.4 is 11.1 Å². The quantitative estimate of drug-likeness (QED) is 0.907. The number of amides is 1. The summed E-state index contributed by atoms with van der Waals surface area (Å²) in [5.74, 6) is -0.406. The number of nitrogens with one attached hydrogen (secondary N) is 1. The average Bonchev–Trinajstić information content (AvgIpc) is 2.85. The van der Waals surface area contributed by atoms with E-state index in [1.54, 1.807) is 12.1 Å². The van der Waals surface area contributed by atoms with Gasteiger partial charge in [0.15, 0.2) is 0 Å². The smallest absolute Gasteiger partial charge is 0.248 e. The highest BCUT2D eigenvalue weighted by Crippen LogP contribution is 2.18. The molecule has 0 aliphatic rings. The molecule has 5 heteroatoms. The van der Waals surface area contributed by atoms with Crippen LogP contribution in [-0.4, -0.2) is 15.7 Å². The number of carbonyl (C=O) groups is 1. The highest BCUT2D eigenvalue weighted by atomic mass is 16.1. The summed E-state index contributed by atoms with van der Waals surface area (Å²) < 4.78 is 1.95. The first-order chi connectivity index (χ1) is 9.77. The minimum Gasteiger partial charge on any atom is -0.381 e. The van der Waals surface area contributed by atoms with Crippen molar-refractivity contribution >= 4 is 11.6 Å². The molecule has 2 aromatic rings. The van der Waals surface area contributed by atoms with Gasteiger partial charge in [0.05, 0.1) is 11.7 Å². The molecule has 1 heterocycles. The number of aromatic nitrogens is 2. The SMILES string of the molecule is Cc1cc(C(N)=O)ccc1NCc1cnn(C(C)(C)C)c1. The van der Waals surface area contributed by atoms with Crippen molar-refractivity contribution in [1.82, 2.24) is 9.78 Å². The lowest BCUT2D eigenvalue weighted by Gasteiger charge is -2.18. The molecule has 5 nitrogen and oxygen atoms in total. The van der Waals surface area contributed by atoms with Crippen LogP contribution in [0.25, 0.3) is 0 Å². The number of carbonyl (C=O) groups excluding carboxylic acids is 1. The van der Waals surface area contributed by atoms with Gasteiger partial charge in [0, 0.05) is 29.6 Å². The fourth-order valence-electron chi connectivity index (χ4n) is 2.03. The van der Waals surface area contributed by atoms with Gasteiger partial charge in [-0.1, -0.05) is 0 Å². The fourth-order valence-corrected chi connectivity index (χ4v) is 2.03. The summed E-state index contributed by atoms with van der Waals surface area (Å²) >= 11 is 0. The topological polar surface area (TPSA) is 72.9 Å². The Morgan fingerprint density at radius 2 is 2.10 bits per heavy atom. The lowest BCUT2D eigenvalue weighted by atomic mass is 10.1. The number of hydrogen-bond donors (Lipinski definition) is 2. The molecule has 112 valence electrons. The summed E-state index contributed by atoms with van der Waals surface area (Å²) in [7, 11) is 0. The maximum absolute atomic E-state index is 11.1. The Labute approximate surface area is 125 Å². The molecule has 2 rings (SSSR count). The predicted molar refractivity (Wildman–Crippen MR) is 84.2 cm³/mol. The lowest BCUT2D eigenvalue weighted by molar-refractivity contribution is 0.1000. The van der Waals surface area contributed by atoms with Crippen molar-refractivity contribution in [2.75, 3.05) is 5.32 Å². The van der Waals surface area contributed by atoms with E-state index >= 15 is 0 Å². The Kier molecular flexibility index (Phi) is 4.02. The first-order valence-electron chi connectivity index (χ1n) is 6.96. The molecule has 0 bridgehead atoms. The summed E-state index contributed by atoms with van der Waals surface area (Å²) in [5, 5.41) is 7.73. The van der Waals surface area contributed by atoms with Gasteiger partial charge in [-0.2, -0.15) is 5.10 Å². The molecule has 0 atom stereocenters. The Morgan fingerprint density at radius 3 is 2.62 bits per heavy atom. The van der Waals surface area contributed by atoms with Gasteiger partial charge in [-0.3, -0.25) is 9.48 Å².